The van der Waals surface area contributed by atoms with E-state index in [-0.39, 0.29) is 0 Å². The minimum Gasteiger partial charge on any atom is -0.464 e. The second kappa shape index (κ2) is 3.77. The summed E-state index contributed by atoms with van der Waals surface area (Å²) in [6.45, 7) is 4.26. The van der Waals surface area contributed by atoms with Crippen molar-refractivity contribution in [2.45, 2.75) is 19.9 Å². The Morgan fingerprint density at radius 3 is 2.82 bits per heavy atom. The molecule has 0 N–H and O–H groups in total. The van der Waals surface area contributed by atoms with Gasteiger partial charge in [-0.1, -0.05) is 0 Å². The van der Waals surface area contributed by atoms with Gasteiger partial charge in [-0.2, -0.15) is 5.10 Å². The molecule has 0 aliphatic heterocycles. The third kappa shape index (κ3) is 1.64. The van der Waals surface area contributed by atoms with Gasteiger partial charge in [0.1, 0.15) is 5.76 Å². The van der Waals surface area contributed by atoms with E-state index in [9.17, 15) is 0 Å². The van der Waals surface area contributed by atoms with Gasteiger partial charge < -0.3 is 4.42 Å². The molecule has 0 spiro atoms. The van der Waals surface area contributed by atoms with Crippen LogP contribution in [0.5, 0.6) is 0 Å². The molecule has 1 aromatic carbocycles. The molecule has 0 fully saturated rings. The molecule has 2 heterocycles. The first-order valence-corrected chi connectivity index (χ1v) is 5.77. The molecule has 0 aliphatic rings. The van der Waals surface area contributed by atoms with Crippen molar-refractivity contribution in [3.05, 3.63) is 42.8 Å². The van der Waals surface area contributed by atoms with Crippen LogP contribution in [0.1, 0.15) is 19.9 Å². The highest BCUT2D eigenvalue weighted by Crippen LogP contribution is 2.25. The summed E-state index contributed by atoms with van der Waals surface area (Å²) in [5.74, 6) is 0.893. The van der Waals surface area contributed by atoms with Gasteiger partial charge in [-0.05, 0) is 44.2 Å². The third-order valence-electron chi connectivity index (χ3n) is 2.89. The number of benzene rings is 1. The van der Waals surface area contributed by atoms with Crippen LogP contribution in [0.25, 0.3) is 22.2 Å². The molecule has 0 unspecified atom stereocenters. The Labute approximate surface area is 99.7 Å². The standard InChI is InChI=1S/C14H14N2O/c1-10(2)16-13-6-5-11(8-12(13)9-15-16)14-4-3-7-17-14/h3-10H,1-2H3. The Bertz CT molecular complexity index is 635. The number of rotatable bonds is 2. The summed E-state index contributed by atoms with van der Waals surface area (Å²) in [5.41, 5.74) is 2.25. The van der Waals surface area contributed by atoms with E-state index in [2.05, 4.69) is 37.1 Å². The summed E-state index contributed by atoms with van der Waals surface area (Å²) in [7, 11) is 0. The Balaban J connectivity index is 2.15. The van der Waals surface area contributed by atoms with Crippen molar-refractivity contribution in [3.63, 3.8) is 0 Å². The zero-order valence-electron chi connectivity index (χ0n) is 9.92. The molecular formula is C14H14N2O. The van der Waals surface area contributed by atoms with Gasteiger partial charge in [-0.3, -0.25) is 4.68 Å². The maximum Gasteiger partial charge on any atom is 0.133 e. The molecule has 0 saturated heterocycles. The largest absolute Gasteiger partial charge is 0.464 e. The summed E-state index contributed by atoms with van der Waals surface area (Å²) >= 11 is 0. The number of hydrogen-bond acceptors (Lipinski definition) is 2. The van der Waals surface area contributed by atoms with Crippen LogP contribution in [0.15, 0.2) is 47.2 Å². The van der Waals surface area contributed by atoms with Gasteiger partial charge in [0.2, 0.25) is 0 Å². The fourth-order valence-electron chi connectivity index (χ4n) is 2.06. The molecule has 3 heteroatoms. The molecule has 0 atom stereocenters. The van der Waals surface area contributed by atoms with E-state index < -0.39 is 0 Å². The second-order valence-corrected chi connectivity index (χ2v) is 4.43. The summed E-state index contributed by atoms with van der Waals surface area (Å²) < 4.78 is 7.42. The van der Waals surface area contributed by atoms with Crippen LogP contribution < -0.4 is 0 Å². The molecule has 86 valence electrons. The molecule has 0 aliphatic carbocycles. The molecule has 0 bridgehead atoms. The normalized spacial score (nSPS) is 11.5. The van der Waals surface area contributed by atoms with E-state index in [4.69, 9.17) is 4.42 Å². The van der Waals surface area contributed by atoms with Crippen LogP contribution in [0.4, 0.5) is 0 Å². The van der Waals surface area contributed by atoms with E-state index in [1.807, 2.05) is 23.0 Å². The lowest BCUT2D eigenvalue weighted by Crippen LogP contribution is -2.01. The fourth-order valence-corrected chi connectivity index (χ4v) is 2.06. The quantitative estimate of drug-likeness (QED) is 0.664. The first-order valence-electron chi connectivity index (χ1n) is 5.77. The molecule has 2 aromatic heterocycles. The van der Waals surface area contributed by atoms with Crippen molar-refractivity contribution < 1.29 is 4.42 Å². The van der Waals surface area contributed by atoms with Crippen LogP contribution in [0.2, 0.25) is 0 Å². The highest BCUT2D eigenvalue weighted by molar-refractivity contribution is 5.83. The van der Waals surface area contributed by atoms with Gasteiger partial charge in [-0.15, -0.1) is 0 Å². The maximum absolute atomic E-state index is 5.40. The molecule has 0 radical (unpaired) electrons. The predicted octanol–water partition coefficient (Wildman–Crippen LogP) is 3.88. The van der Waals surface area contributed by atoms with Crippen molar-refractivity contribution in [1.82, 2.24) is 9.78 Å². The van der Waals surface area contributed by atoms with Crippen LogP contribution in [0, 0.1) is 0 Å². The Hall–Kier alpha value is -2.03. The van der Waals surface area contributed by atoms with Crippen molar-refractivity contribution in [2.75, 3.05) is 0 Å². The van der Waals surface area contributed by atoms with E-state index in [1.165, 1.54) is 0 Å². The Morgan fingerprint density at radius 1 is 1.24 bits per heavy atom. The zero-order chi connectivity index (χ0) is 11.8. The lowest BCUT2D eigenvalue weighted by atomic mass is 10.1. The average molecular weight is 226 g/mol. The van der Waals surface area contributed by atoms with E-state index in [1.54, 1.807) is 6.26 Å². The van der Waals surface area contributed by atoms with Crippen LogP contribution >= 0.6 is 0 Å². The summed E-state index contributed by atoms with van der Waals surface area (Å²) in [4.78, 5) is 0. The van der Waals surface area contributed by atoms with Gasteiger partial charge >= 0.3 is 0 Å². The smallest absolute Gasteiger partial charge is 0.133 e. The number of hydrogen-bond donors (Lipinski definition) is 0. The molecule has 3 aromatic rings. The third-order valence-corrected chi connectivity index (χ3v) is 2.89. The van der Waals surface area contributed by atoms with E-state index in [0.717, 1.165) is 22.2 Å². The fraction of sp³-hybridized carbons (Fsp3) is 0.214. The van der Waals surface area contributed by atoms with Crippen molar-refractivity contribution >= 4 is 10.9 Å². The van der Waals surface area contributed by atoms with Crippen LogP contribution in [-0.2, 0) is 0 Å². The highest BCUT2D eigenvalue weighted by atomic mass is 16.3. The van der Waals surface area contributed by atoms with E-state index in [0.29, 0.717) is 6.04 Å². The molecule has 3 nitrogen and oxygen atoms in total. The zero-order valence-corrected chi connectivity index (χ0v) is 9.92. The molecule has 0 amide bonds. The summed E-state index contributed by atoms with van der Waals surface area (Å²) in [6, 6.07) is 10.5. The van der Waals surface area contributed by atoms with Crippen LogP contribution in [0.3, 0.4) is 0 Å². The second-order valence-electron chi connectivity index (χ2n) is 4.43. The minimum atomic E-state index is 0.377. The van der Waals surface area contributed by atoms with Gasteiger partial charge in [0.05, 0.1) is 18.0 Å². The minimum absolute atomic E-state index is 0.377. The molecule has 17 heavy (non-hydrogen) atoms. The van der Waals surface area contributed by atoms with Crippen LogP contribution in [-0.4, -0.2) is 9.78 Å². The lowest BCUT2D eigenvalue weighted by molar-refractivity contribution is 0.551. The van der Waals surface area contributed by atoms with Crippen molar-refractivity contribution in [1.29, 1.82) is 0 Å². The Morgan fingerprint density at radius 2 is 2.12 bits per heavy atom. The number of aromatic nitrogens is 2. The molecule has 3 rings (SSSR count). The van der Waals surface area contributed by atoms with Crippen molar-refractivity contribution in [2.24, 2.45) is 0 Å². The van der Waals surface area contributed by atoms with Gasteiger partial charge in [0, 0.05) is 17.0 Å². The first kappa shape index (κ1) is 10.1. The summed E-state index contributed by atoms with van der Waals surface area (Å²) in [5, 5.41) is 5.55. The first-order chi connectivity index (χ1) is 8.25. The Kier molecular flexibility index (Phi) is 2.25. The monoisotopic (exact) mass is 226 g/mol. The topological polar surface area (TPSA) is 31.0 Å². The number of furan rings is 1. The molecular weight excluding hydrogens is 212 g/mol. The van der Waals surface area contributed by atoms with E-state index >= 15 is 0 Å². The van der Waals surface area contributed by atoms with Gasteiger partial charge in [0.15, 0.2) is 0 Å². The number of fused-ring (bicyclic) bond motifs is 1. The molecule has 0 saturated carbocycles. The lowest BCUT2D eigenvalue weighted by Gasteiger charge is -2.07. The maximum atomic E-state index is 5.40. The average Bonchev–Trinajstić information content (AvgIpc) is 2.97. The summed E-state index contributed by atoms with van der Waals surface area (Å²) in [6.07, 6.45) is 3.60. The highest BCUT2D eigenvalue weighted by Gasteiger charge is 2.07. The predicted molar refractivity (Wildman–Crippen MR) is 67.8 cm³/mol. The number of nitrogens with zero attached hydrogens (tertiary/aromatic N) is 2. The van der Waals surface area contributed by atoms with Crippen molar-refractivity contribution in [3.8, 4) is 11.3 Å². The van der Waals surface area contributed by atoms with Gasteiger partial charge in [0.25, 0.3) is 0 Å². The van der Waals surface area contributed by atoms with Gasteiger partial charge in [-0.25, -0.2) is 0 Å². The SMILES string of the molecule is CC(C)n1ncc2cc(-c3ccco3)ccc21.